The lowest BCUT2D eigenvalue weighted by atomic mass is 9.95. The summed E-state index contributed by atoms with van der Waals surface area (Å²) in [7, 11) is 1.54. The molecule has 0 aromatic heterocycles. The number of hydrogen-bond donors (Lipinski definition) is 1. The summed E-state index contributed by atoms with van der Waals surface area (Å²) in [5.74, 6) is 0.696. The van der Waals surface area contributed by atoms with Crippen molar-refractivity contribution in [2.45, 2.75) is 26.8 Å². The first-order chi connectivity index (χ1) is 7.60. The van der Waals surface area contributed by atoms with Crippen LogP contribution in [-0.4, -0.2) is 13.7 Å². The van der Waals surface area contributed by atoms with E-state index >= 15 is 0 Å². The summed E-state index contributed by atoms with van der Waals surface area (Å²) in [5, 5.41) is 3.30. The second-order valence-electron chi connectivity index (χ2n) is 4.17. The van der Waals surface area contributed by atoms with Crippen LogP contribution in [-0.2, 0) is 0 Å². The molecule has 2 nitrogen and oxygen atoms in total. The predicted octanol–water partition coefficient (Wildman–Crippen LogP) is 3.14. The first-order valence-corrected chi connectivity index (χ1v) is 5.67. The van der Waals surface area contributed by atoms with Gasteiger partial charge in [-0.3, -0.25) is 0 Å². The molecule has 16 heavy (non-hydrogen) atoms. The molecule has 0 saturated heterocycles. The highest BCUT2D eigenvalue weighted by molar-refractivity contribution is 5.31. The SMILES string of the molecule is CCNC(c1ccc(OC)cc1F)C(C)C. The van der Waals surface area contributed by atoms with Gasteiger partial charge in [0.15, 0.2) is 0 Å². The molecular weight excluding hydrogens is 205 g/mol. The van der Waals surface area contributed by atoms with Crippen LogP contribution in [0.5, 0.6) is 5.75 Å². The largest absolute Gasteiger partial charge is 0.497 e. The van der Waals surface area contributed by atoms with Crippen LogP contribution in [0.3, 0.4) is 0 Å². The van der Waals surface area contributed by atoms with Crippen molar-refractivity contribution >= 4 is 0 Å². The zero-order valence-corrected chi connectivity index (χ0v) is 10.4. The Kier molecular flexibility index (Phi) is 4.74. The van der Waals surface area contributed by atoms with Crippen molar-refractivity contribution in [2.24, 2.45) is 5.92 Å². The van der Waals surface area contributed by atoms with E-state index in [1.807, 2.05) is 6.92 Å². The molecule has 0 spiro atoms. The average Bonchev–Trinajstić information content (AvgIpc) is 2.26. The Hall–Kier alpha value is -1.09. The molecule has 0 fully saturated rings. The summed E-state index contributed by atoms with van der Waals surface area (Å²) in [6.45, 7) is 7.01. The van der Waals surface area contributed by atoms with Crippen LogP contribution >= 0.6 is 0 Å². The monoisotopic (exact) mass is 225 g/mol. The Bertz CT molecular complexity index is 339. The van der Waals surface area contributed by atoms with Gasteiger partial charge in [0.2, 0.25) is 0 Å². The van der Waals surface area contributed by atoms with Crippen LogP contribution in [0, 0.1) is 11.7 Å². The maximum Gasteiger partial charge on any atom is 0.131 e. The second kappa shape index (κ2) is 5.85. The van der Waals surface area contributed by atoms with Gasteiger partial charge in [0.05, 0.1) is 7.11 Å². The minimum absolute atomic E-state index is 0.0518. The van der Waals surface area contributed by atoms with Gasteiger partial charge in [-0.05, 0) is 18.5 Å². The van der Waals surface area contributed by atoms with Crippen LogP contribution in [0.15, 0.2) is 18.2 Å². The smallest absolute Gasteiger partial charge is 0.131 e. The van der Waals surface area contributed by atoms with Gasteiger partial charge in [0.25, 0.3) is 0 Å². The van der Waals surface area contributed by atoms with Gasteiger partial charge in [-0.1, -0.05) is 26.8 Å². The molecule has 0 bridgehead atoms. The Morgan fingerprint density at radius 2 is 2.06 bits per heavy atom. The Labute approximate surface area is 96.8 Å². The van der Waals surface area contributed by atoms with E-state index in [0.29, 0.717) is 17.2 Å². The molecular formula is C13H20FNO. The van der Waals surface area contributed by atoms with Crippen molar-refractivity contribution in [2.75, 3.05) is 13.7 Å². The van der Waals surface area contributed by atoms with Gasteiger partial charge in [-0.2, -0.15) is 0 Å². The Morgan fingerprint density at radius 3 is 2.50 bits per heavy atom. The van der Waals surface area contributed by atoms with Crippen LogP contribution in [0.25, 0.3) is 0 Å². The van der Waals surface area contributed by atoms with Gasteiger partial charge in [0.1, 0.15) is 11.6 Å². The maximum atomic E-state index is 13.9. The van der Waals surface area contributed by atoms with E-state index < -0.39 is 0 Å². The minimum atomic E-state index is -0.209. The number of ether oxygens (including phenoxy) is 1. The van der Waals surface area contributed by atoms with E-state index in [2.05, 4.69) is 19.2 Å². The molecule has 0 aliphatic rings. The van der Waals surface area contributed by atoms with E-state index in [1.165, 1.54) is 6.07 Å². The summed E-state index contributed by atoms with van der Waals surface area (Å²) < 4.78 is 18.8. The number of rotatable bonds is 5. The van der Waals surface area contributed by atoms with Crippen LogP contribution in [0.1, 0.15) is 32.4 Å². The lowest BCUT2D eigenvalue weighted by Crippen LogP contribution is -2.26. The normalized spacial score (nSPS) is 12.9. The number of halogens is 1. The van der Waals surface area contributed by atoms with E-state index in [9.17, 15) is 4.39 Å². The third-order valence-electron chi connectivity index (χ3n) is 2.63. The number of benzene rings is 1. The Morgan fingerprint density at radius 1 is 1.38 bits per heavy atom. The highest BCUT2D eigenvalue weighted by atomic mass is 19.1. The molecule has 3 heteroatoms. The van der Waals surface area contributed by atoms with Gasteiger partial charge in [-0.25, -0.2) is 4.39 Å². The molecule has 0 saturated carbocycles. The minimum Gasteiger partial charge on any atom is -0.497 e. The van der Waals surface area contributed by atoms with Crippen molar-refractivity contribution in [1.82, 2.24) is 5.32 Å². The number of methoxy groups -OCH3 is 1. The van der Waals surface area contributed by atoms with E-state index in [1.54, 1.807) is 19.2 Å². The van der Waals surface area contributed by atoms with Crippen molar-refractivity contribution < 1.29 is 9.13 Å². The number of hydrogen-bond acceptors (Lipinski definition) is 2. The number of nitrogens with one attached hydrogen (secondary N) is 1. The molecule has 0 amide bonds. The van der Waals surface area contributed by atoms with E-state index in [4.69, 9.17) is 4.74 Å². The van der Waals surface area contributed by atoms with Crippen LogP contribution < -0.4 is 10.1 Å². The molecule has 1 aromatic carbocycles. The van der Waals surface area contributed by atoms with Crippen LogP contribution in [0.2, 0.25) is 0 Å². The summed E-state index contributed by atoms with van der Waals surface area (Å²) in [5.41, 5.74) is 0.706. The summed E-state index contributed by atoms with van der Waals surface area (Å²) in [4.78, 5) is 0. The predicted molar refractivity (Wildman–Crippen MR) is 64.2 cm³/mol. The lowest BCUT2D eigenvalue weighted by Gasteiger charge is -2.23. The third-order valence-corrected chi connectivity index (χ3v) is 2.63. The standard InChI is InChI=1S/C13H20FNO/c1-5-15-13(9(2)3)11-7-6-10(16-4)8-12(11)14/h6-9,13,15H,5H2,1-4H3. The fraction of sp³-hybridized carbons (Fsp3) is 0.538. The molecule has 1 atom stereocenters. The molecule has 0 radical (unpaired) electrons. The zero-order valence-electron chi connectivity index (χ0n) is 10.4. The highest BCUT2D eigenvalue weighted by Crippen LogP contribution is 2.26. The van der Waals surface area contributed by atoms with E-state index in [-0.39, 0.29) is 11.9 Å². The van der Waals surface area contributed by atoms with Gasteiger partial charge in [0, 0.05) is 17.7 Å². The van der Waals surface area contributed by atoms with Gasteiger partial charge < -0.3 is 10.1 Å². The quantitative estimate of drug-likeness (QED) is 0.831. The second-order valence-corrected chi connectivity index (χ2v) is 4.17. The molecule has 0 aliphatic heterocycles. The fourth-order valence-corrected chi connectivity index (χ4v) is 1.81. The summed E-state index contributed by atoms with van der Waals surface area (Å²) >= 11 is 0. The van der Waals surface area contributed by atoms with Crippen molar-refractivity contribution in [3.8, 4) is 5.75 Å². The molecule has 90 valence electrons. The molecule has 0 aliphatic carbocycles. The van der Waals surface area contributed by atoms with Crippen molar-refractivity contribution in [3.63, 3.8) is 0 Å². The first-order valence-electron chi connectivity index (χ1n) is 5.67. The zero-order chi connectivity index (χ0) is 12.1. The lowest BCUT2D eigenvalue weighted by molar-refractivity contribution is 0.394. The molecule has 1 N–H and O–H groups in total. The molecule has 0 heterocycles. The van der Waals surface area contributed by atoms with Crippen molar-refractivity contribution in [3.05, 3.63) is 29.6 Å². The molecule has 1 unspecified atom stereocenters. The summed E-state index contributed by atoms with van der Waals surface area (Å²) in [6.07, 6.45) is 0. The molecule has 1 rings (SSSR count). The maximum absolute atomic E-state index is 13.9. The van der Waals surface area contributed by atoms with Gasteiger partial charge in [-0.15, -0.1) is 0 Å². The third kappa shape index (κ3) is 2.95. The van der Waals surface area contributed by atoms with Crippen molar-refractivity contribution in [1.29, 1.82) is 0 Å². The first kappa shape index (κ1) is 13.0. The fourth-order valence-electron chi connectivity index (χ4n) is 1.81. The average molecular weight is 225 g/mol. The topological polar surface area (TPSA) is 21.3 Å². The Balaban J connectivity index is 3.00. The molecule has 1 aromatic rings. The summed E-state index contributed by atoms with van der Waals surface area (Å²) in [6, 6.07) is 5.07. The van der Waals surface area contributed by atoms with E-state index in [0.717, 1.165) is 6.54 Å². The highest BCUT2D eigenvalue weighted by Gasteiger charge is 2.18. The van der Waals surface area contributed by atoms with Crippen LogP contribution in [0.4, 0.5) is 4.39 Å². The van der Waals surface area contributed by atoms with Gasteiger partial charge >= 0.3 is 0 Å².